The van der Waals surface area contributed by atoms with Crippen LogP contribution in [0.1, 0.15) is 34.6 Å². The largest absolute Gasteiger partial charge is 0.452 e. The van der Waals surface area contributed by atoms with E-state index in [4.69, 9.17) is 13.7 Å². The van der Waals surface area contributed by atoms with Crippen molar-refractivity contribution in [2.45, 2.75) is 26.9 Å². The summed E-state index contributed by atoms with van der Waals surface area (Å²) >= 11 is 0. The summed E-state index contributed by atoms with van der Waals surface area (Å²) in [5.74, 6) is 0.332. The first-order valence-corrected chi connectivity index (χ1v) is 6.65. The van der Waals surface area contributed by atoms with Crippen molar-refractivity contribution in [2.24, 2.45) is 0 Å². The SMILES string of the molecule is CCc1noc(C)c1C(=O)OCc1nc2ccccc2o1. The van der Waals surface area contributed by atoms with E-state index in [0.717, 1.165) is 5.52 Å². The number of nitrogens with zero attached hydrogens (tertiary/aromatic N) is 2. The molecule has 2 aromatic heterocycles. The fraction of sp³-hybridized carbons (Fsp3) is 0.267. The molecule has 0 spiro atoms. The lowest BCUT2D eigenvalue weighted by molar-refractivity contribution is 0.0437. The van der Waals surface area contributed by atoms with Crippen molar-refractivity contribution in [1.82, 2.24) is 10.1 Å². The van der Waals surface area contributed by atoms with Crippen LogP contribution in [0.5, 0.6) is 0 Å². The summed E-state index contributed by atoms with van der Waals surface area (Å²) in [7, 11) is 0. The molecule has 0 atom stereocenters. The summed E-state index contributed by atoms with van der Waals surface area (Å²) < 4.78 is 15.7. The molecule has 0 aliphatic rings. The van der Waals surface area contributed by atoms with E-state index in [-0.39, 0.29) is 6.61 Å². The molecule has 0 saturated heterocycles. The number of hydrogen-bond acceptors (Lipinski definition) is 6. The molecule has 6 heteroatoms. The Kier molecular flexibility index (Phi) is 3.43. The highest BCUT2D eigenvalue weighted by atomic mass is 16.5. The Morgan fingerprint density at radius 2 is 2.14 bits per heavy atom. The highest BCUT2D eigenvalue weighted by molar-refractivity contribution is 5.91. The zero-order valence-corrected chi connectivity index (χ0v) is 11.8. The number of carbonyl (C=O) groups is 1. The third-order valence-corrected chi connectivity index (χ3v) is 3.14. The molecule has 0 bridgehead atoms. The Morgan fingerprint density at radius 3 is 2.90 bits per heavy atom. The van der Waals surface area contributed by atoms with E-state index in [9.17, 15) is 4.79 Å². The highest BCUT2D eigenvalue weighted by Gasteiger charge is 2.21. The first-order valence-electron chi connectivity index (χ1n) is 6.65. The van der Waals surface area contributed by atoms with Crippen molar-refractivity contribution >= 4 is 17.1 Å². The van der Waals surface area contributed by atoms with Crippen LogP contribution in [0.15, 0.2) is 33.2 Å². The van der Waals surface area contributed by atoms with E-state index in [1.807, 2.05) is 31.2 Å². The predicted octanol–water partition coefficient (Wildman–Crippen LogP) is 3.04. The number of para-hydroxylation sites is 2. The minimum Gasteiger partial charge on any atom is -0.452 e. The number of esters is 1. The minimum absolute atomic E-state index is 0.0265. The second kappa shape index (κ2) is 5.40. The first-order chi connectivity index (χ1) is 10.2. The Balaban J connectivity index is 1.75. The first kappa shape index (κ1) is 13.4. The van der Waals surface area contributed by atoms with Crippen LogP contribution in [-0.4, -0.2) is 16.1 Å². The van der Waals surface area contributed by atoms with Crippen molar-refractivity contribution in [3.63, 3.8) is 0 Å². The summed E-state index contributed by atoms with van der Waals surface area (Å²) in [4.78, 5) is 16.4. The van der Waals surface area contributed by atoms with Gasteiger partial charge in [-0.05, 0) is 25.5 Å². The van der Waals surface area contributed by atoms with Gasteiger partial charge in [0.25, 0.3) is 0 Å². The highest BCUT2D eigenvalue weighted by Crippen LogP contribution is 2.18. The van der Waals surface area contributed by atoms with Crippen LogP contribution in [0.4, 0.5) is 0 Å². The van der Waals surface area contributed by atoms with Gasteiger partial charge in [-0.15, -0.1) is 0 Å². The van der Waals surface area contributed by atoms with Gasteiger partial charge in [-0.1, -0.05) is 24.2 Å². The average Bonchev–Trinajstić information content (AvgIpc) is 3.07. The standard InChI is InChI=1S/C15H14N2O4/c1-3-10-14(9(2)21-17-10)15(18)19-8-13-16-11-6-4-5-7-12(11)20-13/h4-7H,3,8H2,1-2H3. The maximum absolute atomic E-state index is 12.1. The van der Waals surface area contributed by atoms with Crippen LogP contribution in [0.25, 0.3) is 11.1 Å². The summed E-state index contributed by atoms with van der Waals surface area (Å²) in [6, 6.07) is 7.38. The number of oxazole rings is 1. The van der Waals surface area contributed by atoms with Crippen molar-refractivity contribution in [2.75, 3.05) is 0 Å². The second-order valence-electron chi connectivity index (χ2n) is 4.57. The fourth-order valence-electron chi connectivity index (χ4n) is 2.10. The molecule has 0 N–H and O–H groups in total. The number of hydrogen-bond donors (Lipinski definition) is 0. The van der Waals surface area contributed by atoms with E-state index in [1.165, 1.54) is 0 Å². The Bertz CT molecular complexity index is 755. The van der Waals surface area contributed by atoms with E-state index in [1.54, 1.807) is 6.92 Å². The molecular weight excluding hydrogens is 272 g/mol. The molecular formula is C15H14N2O4. The Hall–Kier alpha value is -2.63. The van der Waals surface area contributed by atoms with Gasteiger partial charge in [0.05, 0.1) is 5.69 Å². The molecule has 6 nitrogen and oxygen atoms in total. The lowest BCUT2D eigenvalue weighted by atomic mass is 10.1. The van der Waals surface area contributed by atoms with Gasteiger partial charge in [-0.25, -0.2) is 9.78 Å². The summed E-state index contributed by atoms with van der Waals surface area (Å²) in [5, 5.41) is 3.83. The normalized spacial score (nSPS) is 11.0. The topological polar surface area (TPSA) is 78.4 Å². The zero-order valence-electron chi connectivity index (χ0n) is 11.8. The van der Waals surface area contributed by atoms with Gasteiger partial charge in [0.2, 0.25) is 5.89 Å². The van der Waals surface area contributed by atoms with E-state index in [0.29, 0.717) is 34.9 Å². The van der Waals surface area contributed by atoms with Crippen LogP contribution in [0.2, 0.25) is 0 Å². The van der Waals surface area contributed by atoms with Gasteiger partial charge < -0.3 is 13.7 Å². The second-order valence-corrected chi connectivity index (χ2v) is 4.57. The van der Waals surface area contributed by atoms with Crippen LogP contribution in [-0.2, 0) is 17.8 Å². The van der Waals surface area contributed by atoms with Gasteiger partial charge in [0.15, 0.2) is 12.2 Å². The van der Waals surface area contributed by atoms with Crippen molar-refractivity contribution in [1.29, 1.82) is 0 Å². The third kappa shape index (κ3) is 2.52. The molecule has 21 heavy (non-hydrogen) atoms. The summed E-state index contributed by atoms with van der Waals surface area (Å²) in [5.41, 5.74) is 2.38. The molecule has 0 amide bonds. The zero-order chi connectivity index (χ0) is 14.8. The minimum atomic E-state index is -0.479. The predicted molar refractivity (Wildman–Crippen MR) is 73.7 cm³/mol. The van der Waals surface area contributed by atoms with Gasteiger partial charge in [0, 0.05) is 0 Å². The lowest BCUT2D eigenvalue weighted by Gasteiger charge is -2.01. The van der Waals surface area contributed by atoms with Crippen molar-refractivity contribution in [3.05, 3.63) is 47.2 Å². The van der Waals surface area contributed by atoms with Gasteiger partial charge in [-0.2, -0.15) is 0 Å². The van der Waals surface area contributed by atoms with E-state index in [2.05, 4.69) is 10.1 Å². The number of benzene rings is 1. The lowest BCUT2D eigenvalue weighted by Crippen LogP contribution is -2.08. The fourth-order valence-corrected chi connectivity index (χ4v) is 2.10. The van der Waals surface area contributed by atoms with Crippen molar-refractivity contribution < 1.29 is 18.5 Å². The monoisotopic (exact) mass is 286 g/mol. The average molecular weight is 286 g/mol. The quantitative estimate of drug-likeness (QED) is 0.686. The molecule has 108 valence electrons. The number of carbonyl (C=O) groups excluding carboxylic acids is 1. The molecule has 0 saturated carbocycles. The van der Waals surface area contributed by atoms with Crippen LogP contribution < -0.4 is 0 Å². The Labute approximate surface area is 120 Å². The number of aryl methyl sites for hydroxylation is 2. The van der Waals surface area contributed by atoms with Gasteiger partial charge >= 0.3 is 5.97 Å². The summed E-state index contributed by atoms with van der Waals surface area (Å²) in [6.45, 7) is 3.55. The molecule has 3 rings (SSSR count). The number of aromatic nitrogens is 2. The Morgan fingerprint density at radius 1 is 1.33 bits per heavy atom. The van der Waals surface area contributed by atoms with Crippen LogP contribution in [0.3, 0.4) is 0 Å². The maximum Gasteiger partial charge on any atom is 0.344 e. The maximum atomic E-state index is 12.1. The molecule has 1 aromatic carbocycles. The van der Waals surface area contributed by atoms with Crippen LogP contribution >= 0.6 is 0 Å². The van der Waals surface area contributed by atoms with Gasteiger partial charge in [0.1, 0.15) is 16.8 Å². The third-order valence-electron chi connectivity index (χ3n) is 3.14. The molecule has 2 heterocycles. The smallest absolute Gasteiger partial charge is 0.344 e. The molecule has 3 aromatic rings. The number of ether oxygens (including phenoxy) is 1. The summed E-state index contributed by atoms with van der Waals surface area (Å²) in [6.07, 6.45) is 0.602. The van der Waals surface area contributed by atoms with E-state index < -0.39 is 5.97 Å². The van der Waals surface area contributed by atoms with Crippen LogP contribution in [0, 0.1) is 6.92 Å². The van der Waals surface area contributed by atoms with Gasteiger partial charge in [-0.3, -0.25) is 0 Å². The molecule has 0 fully saturated rings. The number of fused-ring (bicyclic) bond motifs is 1. The molecule has 0 radical (unpaired) electrons. The molecule has 0 aliphatic carbocycles. The number of rotatable bonds is 4. The molecule has 0 aliphatic heterocycles. The van der Waals surface area contributed by atoms with Crippen molar-refractivity contribution in [3.8, 4) is 0 Å². The van der Waals surface area contributed by atoms with E-state index >= 15 is 0 Å². The molecule has 0 unspecified atom stereocenters.